The molecule has 5 aliphatic rings. The largest absolute Gasteiger partial charge is 0.494 e. The monoisotopic (exact) mass is 452 g/mol. The molecule has 1 heterocycles. The van der Waals surface area contributed by atoms with E-state index in [9.17, 15) is 14.4 Å². The summed E-state index contributed by atoms with van der Waals surface area (Å²) < 4.78 is 5.49. The van der Waals surface area contributed by atoms with Crippen molar-refractivity contribution in [2.24, 2.45) is 23.2 Å². The summed E-state index contributed by atoms with van der Waals surface area (Å²) in [6, 6.07) is 6.28. The van der Waals surface area contributed by atoms with Gasteiger partial charge in [0.2, 0.25) is 11.8 Å². The fourth-order valence-electron chi connectivity index (χ4n) is 7.49. The summed E-state index contributed by atoms with van der Waals surface area (Å²) in [5.74, 6) is 2.19. The Balaban J connectivity index is 1.43. The molecule has 6 rings (SSSR count). The van der Waals surface area contributed by atoms with Gasteiger partial charge in [-0.25, -0.2) is 4.90 Å². The number of ether oxygens (including phenoxy) is 1. The summed E-state index contributed by atoms with van der Waals surface area (Å²) in [4.78, 5) is 44.0. The van der Waals surface area contributed by atoms with Gasteiger partial charge in [0.1, 0.15) is 11.8 Å². The van der Waals surface area contributed by atoms with Gasteiger partial charge in [0.25, 0.3) is 5.91 Å². The third kappa shape index (κ3) is 3.75. The van der Waals surface area contributed by atoms with Crippen LogP contribution in [-0.4, -0.2) is 40.8 Å². The van der Waals surface area contributed by atoms with Crippen molar-refractivity contribution in [3.63, 3.8) is 0 Å². The zero-order valence-corrected chi connectivity index (χ0v) is 20.3. The molecule has 4 bridgehead atoms. The molecule has 33 heavy (non-hydrogen) atoms. The lowest BCUT2D eigenvalue weighted by Gasteiger charge is -2.58. The van der Waals surface area contributed by atoms with E-state index in [0.717, 1.165) is 19.3 Å². The number of anilines is 1. The number of imide groups is 1. The second kappa shape index (κ2) is 7.85. The molecule has 4 aliphatic carbocycles. The van der Waals surface area contributed by atoms with E-state index in [4.69, 9.17) is 4.74 Å². The second-order valence-corrected chi connectivity index (χ2v) is 11.8. The Morgan fingerprint density at radius 3 is 2.06 bits per heavy atom. The predicted molar refractivity (Wildman–Crippen MR) is 126 cm³/mol. The molecule has 0 spiro atoms. The van der Waals surface area contributed by atoms with Gasteiger partial charge in [-0.1, -0.05) is 0 Å². The number of carbonyl (C=O) groups excluding carboxylic acids is 3. The number of rotatable bonds is 5. The minimum Gasteiger partial charge on any atom is -0.494 e. The molecule has 6 heteroatoms. The first-order valence-electron chi connectivity index (χ1n) is 12.5. The van der Waals surface area contributed by atoms with Gasteiger partial charge in [0.05, 0.1) is 24.1 Å². The highest BCUT2D eigenvalue weighted by Gasteiger charge is 2.58. The van der Waals surface area contributed by atoms with Gasteiger partial charge in [-0.2, -0.15) is 0 Å². The summed E-state index contributed by atoms with van der Waals surface area (Å²) in [7, 11) is 0. The van der Waals surface area contributed by atoms with Crippen LogP contribution < -0.4 is 9.64 Å². The van der Waals surface area contributed by atoms with E-state index in [1.165, 1.54) is 24.2 Å². The fourth-order valence-corrected chi connectivity index (χ4v) is 7.49. The first-order chi connectivity index (χ1) is 15.6. The first kappa shape index (κ1) is 22.4. The molecule has 1 aromatic rings. The maximum absolute atomic E-state index is 14.3. The summed E-state index contributed by atoms with van der Waals surface area (Å²) in [5, 5.41) is 0. The molecule has 178 valence electrons. The Kier molecular flexibility index (Phi) is 5.33. The van der Waals surface area contributed by atoms with Crippen LogP contribution >= 0.6 is 0 Å². The molecular weight excluding hydrogens is 416 g/mol. The molecular formula is C27H36N2O4. The van der Waals surface area contributed by atoms with Crippen LogP contribution in [0.4, 0.5) is 5.69 Å². The van der Waals surface area contributed by atoms with E-state index < -0.39 is 11.6 Å². The number of amides is 3. The highest BCUT2D eigenvalue weighted by atomic mass is 16.5. The van der Waals surface area contributed by atoms with Gasteiger partial charge in [-0.3, -0.25) is 14.4 Å². The van der Waals surface area contributed by atoms with E-state index in [1.54, 1.807) is 29.2 Å². The average molecular weight is 453 g/mol. The van der Waals surface area contributed by atoms with Crippen LogP contribution in [0.1, 0.15) is 72.6 Å². The lowest BCUT2D eigenvalue weighted by Crippen LogP contribution is -2.62. The number of hydrogen-bond acceptors (Lipinski definition) is 4. The van der Waals surface area contributed by atoms with Gasteiger partial charge in [-0.15, -0.1) is 0 Å². The van der Waals surface area contributed by atoms with Crippen molar-refractivity contribution in [3.8, 4) is 5.75 Å². The Labute approximate surface area is 196 Å². The van der Waals surface area contributed by atoms with Gasteiger partial charge in [0.15, 0.2) is 0 Å². The normalized spacial score (nSPS) is 33.0. The van der Waals surface area contributed by atoms with Gasteiger partial charge in [-0.05, 0) is 108 Å². The van der Waals surface area contributed by atoms with Crippen LogP contribution in [0.2, 0.25) is 0 Å². The number of carbonyl (C=O) groups is 3. The van der Waals surface area contributed by atoms with Gasteiger partial charge in [0, 0.05) is 5.54 Å². The van der Waals surface area contributed by atoms with E-state index in [1.807, 2.05) is 27.7 Å². The number of hydrogen-bond donors (Lipinski definition) is 0. The lowest BCUT2D eigenvalue weighted by atomic mass is 9.49. The summed E-state index contributed by atoms with van der Waals surface area (Å²) in [6.07, 6.45) is 6.66. The Bertz CT molecular complexity index is 926. The highest BCUT2D eigenvalue weighted by Crippen LogP contribution is 2.61. The van der Waals surface area contributed by atoms with Crippen molar-refractivity contribution in [2.75, 3.05) is 11.5 Å². The maximum atomic E-state index is 14.3. The number of benzene rings is 1. The molecule has 0 radical (unpaired) electrons. The van der Waals surface area contributed by atoms with Crippen LogP contribution in [0.15, 0.2) is 24.3 Å². The molecule has 3 amide bonds. The SMILES string of the molecule is CCOc1ccc(N2C(=O)CC(N(C(=O)C34CC5CC(CC(C5)C3)C4)C(C)(C)C)C2=O)cc1. The van der Waals surface area contributed by atoms with E-state index >= 15 is 0 Å². The average Bonchev–Trinajstić information content (AvgIpc) is 3.00. The topological polar surface area (TPSA) is 66.9 Å². The van der Waals surface area contributed by atoms with Crippen molar-refractivity contribution in [3.05, 3.63) is 24.3 Å². The van der Waals surface area contributed by atoms with Crippen molar-refractivity contribution < 1.29 is 19.1 Å². The molecule has 1 aromatic carbocycles. The third-order valence-corrected chi connectivity index (χ3v) is 8.27. The van der Waals surface area contributed by atoms with E-state index in [0.29, 0.717) is 35.8 Å². The Hall–Kier alpha value is -2.37. The fraction of sp³-hybridized carbons (Fsp3) is 0.667. The molecule has 6 nitrogen and oxygen atoms in total. The molecule has 1 unspecified atom stereocenters. The smallest absolute Gasteiger partial charge is 0.257 e. The van der Waals surface area contributed by atoms with E-state index in [-0.39, 0.29) is 29.6 Å². The minimum absolute atomic E-state index is 0.0431. The van der Waals surface area contributed by atoms with Crippen molar-refractivity contribution in [1.82, 2.24) is 4.90 Å². The summed E-state index contributed by atoms with van der Waals surface area (Å²) in [5.41, 5.74) is -0.361. The zero-order chi connectivity index (χ0) is 23.5. The standard InChI is InChI=1S/C27H36N2O4/c1-5-33-21-8-6-20(7-9-21)28-23(30)13-22(24(28)31)29(26(2,3)4)25(32)27-14-17-10-18(15-27)12-19(11-17)16-27/h6-9,17-19,22H,5,10-16H2,1-4H3. The Morgan fingerprint density at radius 1 is 1.03 bits per heavy atom. The van der Waals surface area contributed by atoms with Crippen LogP contribution in [0.3, 0.4) is 0 Å². The molecule has 0 aromatic heterocycles. The van der Waals surface area contributed by atoms with Crippen LogP contribution in [0.25, 0.3) is 0 Å². The zero-order valence-electron chi connectivity index (χ0n) is 20.3. The summed E-state index contributed by atoms with van der Waals surface area (Å²) >= 11 is 0. The van der Waals surface area contributed by atoms with E-state index in [2.05, 4.69) is 0 Å². The first-order valence-corrected chi connectivity index (χ1v) is 12.5. The molecule has 0 N–H and O–H groups in total. The molecule has 5 fully saturated rings. The Morgan fingerprint density at radius 2 is 1.58 bits per heavy atom. The van der Waals surface area contributed by atoms with Crippen molar-refractivity contribution in [2.45, 2.75) is 84.2 Å². The minimum atomic E-state index is -0.746. The number of nitrogens with zero attached hydrogens (tertiary/aromatic N) is 2. The van der Waals surface area contributed by atoms with Gasteiger partial charge >= 0.3 is 0 Å². The summed E-state index contributed by atoms with van der Waals surface area (Å²) in [6.45, 7) is 8.43. The molecule has 4 saturated carbocycles. The predicted octanol–water partition coefficient (Wildman–Crippen LogP) is 4.56. The molecule has 1 atom stereocenters. The van der Waals surface area contributed by atoms with Gasteiger partial charge < -0.3 is 9.64 Å². The van der Waals surface area contributed by atoms with Crippen LogP contribution in [-0.2, 0) is 14.4 Å². The highest BCUT2D eigenvalue weighted by molar-refractivity contribution is 6.23. The maximum Gasteiger partial charge on any atom is 0.257 e. The second-order valence-electron chi connectivity index (χ2n) is 11.8. The molecule has 1 saturated heterocycles. The third-order valence-electron chi connectivity index (χ3n) is 8.27. The van der Waals surface area contributed by atoms with Crippen molar-refractivity contribution in [1.29, 1.82) is 0 Å². The lowest BCUT2D eigenvalue weighted by molar-refractivity contribution is -0.167. The molecule has 1 aliphatic heterocycles. The quantitative estimate of drug-likeness (QED) is 0.614. The van der Waals surface area contributed by atoms with Crippen LogP contribution in [0, 0.1) is 23.2 Å². The van der Waals surface area contributed by atoms with Crippen molar-refractivity contribution >= 4 is 23.4 Å². The van der Waals surface area contributed by atoms with Crippen LogP contribution in [0.5, 0.6) is 5.75 Å².